The molecule has 1 unspecified atom stereocenters. The second kappa shape index (κ2) is 8.07. The van der Waals surface area contributed by atoms with Crippen LogP contribution in [0, 0.1) is 0 Å². The van der Waals surface area contributed by atoms with Gasteiger partial charge in [0.2, 0.25) is 0 Å². The van der Waals surface area contributed by atoms with Gasteiger partial charge >= 0.3 is 12.5 Å². The summed E-state index contributed by atoms with van der Waals surface area (Å²) in [7, 11) is 0. The predicted molar refractivity (Wildman–Crippen MR) is 106 cm³/mol. The van der Waals surface area contributed by atoms with Crippen LogP contribution in [0.1, 0.15) is 45.6 Å². The second-order valence-electron chi connectivity index (χ2n) is 6.25. The zero-order chi connectivity index (χ0) is 21.3. The average molecular weight is 431 g/mol. The third-order valence-electron chi connectivity index (χ3n) is 4.25. The summed E-state index contributed by atoms with van der Waals surface area (Å²) in [6.45, 7) is -1.36. The van der Waals surface area contributed by atoms with E-state index in [-0.39, 0.29) is 22.0 Å². The highest BCUT2D eigenvalue weighted by Gasteiger charge is 2.25. The summed E-state index contributed by atoms with van der Waals surface area (Å²) in [4.78, 5) is 28.9. The van der Waals surface area contributed by atoms with Crippen molar-refractivity contribution in [2.24, 2.45) is 0 Å². The predicted octanol–water partition coefficient (Wildman–Crippen LogP) is 5.26. The number of amides is 1. The summed E-state index contributed by atoms with van der Waals surface area (Å²) in [6.07, 6.45) is 0.363. The van der Waals surface area contributed by atoms with E-state index >= 15 is 0 Å². The minimum absolute atomic E-state index is 0.0533. The van der Waals surface area contributed by atoms with Crippen LogP contribution in [-0.4, -0.2) is 21.4 Å². The number of alkyl halides is 2. The molecule has 1 atom stereocenters. The maximum absolute atomic E-state index is 13.6. The number of ether oxygens (including phenoxy) is 1. The minimum Gasteiger partial charge on any atom is -0.459 e. The Balaban J connectivity index is 1.49. The van der Waals surface area contributed by atoms with Gasteiger partial charge in [0.15, 0.2) is 17.7 Å². The van der Waals surface area contributed by atoms with Crippen LogP contribution >= 0.6 is 11.3 Å². The summed E-state index contributed by atoms with van der Waals surface area (Å²) in [6, 6.07) is 12.6. The number of benzene rings is 1. The van der Waals surface area contributed by atoms with Gasteiger partial charge in [0, 0.05) is 0 Å². The molecular weight excluding hydrogens is 416 g/mol. The van der Waals surface area contributed by atoms with E-state index in [1.54, 1.807) is 30.3 Å². The second-order valence-corrected chi connectivity index (χ2v) is 7.33. The van der Waals surface area contributed by atoms with Crippen molar-refractivity contribution in [3.63, 3.8) is 0 Å². The number of nitrogens with zero attached hydrogens (tertiary/aromatic N) is 2. The van der Waals surface area contributed by atoms with E-state index < -0.39 is 24.5 Å². The Bertz CT molecular complexity index is 1200. The molecule has 3 aromatic heterocycles. The highest BCUT2D eigenvalue weighted by atomic mass is 32.1. The summed E-state index contributed by atoms with van der Waals surface area (Å²) in [5.74, 6) is -1.09. The zero-order valence-corrected chi connectivity index (χ0v) is 16.4. The van der Waals surface area contributed by atoms with Crippen LogP contribution in [0.15, 0.2) is 59.2 Å². The monoisotopic (exact) mass is 431 g/mol. The normalized spacial score (nSPS) is 12.3. The van der Waals surface area contributed by atoms with Gasteiger partial charge in [-0.15, -0.1) is 11.3 Å². The van der Waals surface area contributed by atoms with Gasteiger partial charge in [0.1, 0.15) is 4.88 Å². The van der Waals surface area contributed by atoms with Crippen molar-refractivity contribution in [3.8, 4) is 0 Å². The Morgan fingerprint density at radius 3 is 2.70 bits per heavy atom. The lowest BCUT2D eigenvalue weighted by Gasteiger charge is -2.14. The summed E-state index contributed by atoms with van der Waals surface area (Å²) < 4.78 is 38.3. The van der Waals surface area contributed by atoms with Crippen LogP contribution in [0.3, 0.4) is 0 Å². The van der Waals surface area contributed by atoms with Crippen molar-refractivity contribution in [1.82, 2.24) is 9.55 Å². The van der Waals surface area contributed by atoms with Gasteiger partial charge < -0.3 is 14.5 Å². The van der Waals surface area contributed by atoms with Crippen molar-refractivity contribution in [2.75, 3.05) is 5.32 Å². The molecule has 30 heavy (non-hydrogen) atoms. The van der Waals surface area contributed by atoms with Crippen molar-refractivity contribution < 1.29 is 27.5 Å². The standard InChI is InChI=1S/C20H15F2N3O4S/c1-11(17-23-12-5-2-3-6-13(12)25(17)20(21)22)29-19(27)15-8-9-16(30-15)24-18(26)14-7-4-10-28-14/h2-11,20H,1H3,(H,24,26). The van der Waals surface area contributed by atoms with Gasteiger partial charge in [-0.2, -0.15) is 8.78 Å². The number of thiophene rings is 1. The molecular formula is C20H15F2N3O4S. The quantitative estimate of drug-likeness (QED) is 0.421. The van der Waals surface area contributed by atoms with Crippen LogP contribution in [0.4, 0.5) is 13.8 Å². The van der Waals surface area contributed by atoms with Crippen molar-refractivity contribution in [3.05, 3.63) is 71.3 Å². The van der Waals surface area contributed by atoms with E-state index in [1.807, 2.05) is 0 Å². The number of carbonyl (C=O) groups is 2. The Kier molecular flexibility index (Phi) is 5.32. The van der Waals surface area contributed by atoms with E-state index in [1.165, 1.54) is 31.4 Å². The summed E-state index contributed by atoms with van der Waals surface area (Å²) in [5.41, 5.74) is 0.638. The van der Waals surface area contributed by atoms with E-state index in [4.69, 9.17) is 9.15 Å². The first kappa shape index (κ1) is 19.8. The fourth-order valence-electron chi connectivity index (χ4n) is 2.92. The van der Waals surface area contributed by atoms with Gasteiger partial charge in [0.05, 0.1) is 22.3 Å². The molecule has 3 heterocycles. The Morgan fingerprint density at radius 2 is 1.97 bits per heavy atom. The molecule has 0 saturated heterocycles. The Hall–Kier alpha value is -3.53. The number of imidazole rings is 1. The first-order valence-corrected chi connectivity index (χ1v) is 9.66. The van der Waals surface area contributed by atoms with Crippen LogP contribution in [-0.2, 0) is 4.74 Å². The molecule has 0 radical (unpaired) electrons. The van der Waals surface area contributed by atoms with Gasteiger partial charge in [-0.3, -0.25) is 9.36 Å². The number of para-hydroxylation sites is 2. The lowest BCUT2D eigenvalue weighted by Crippen LogP contribution is -2.14. The lowest BCUT2D eigenvalue weighted by atomic mass is 10.3. The molecule has 4 aromatic rings. The highest BCUT2D eigenvalue weighted by molar-refractivity contribution is 7.18. The lowest BCUT2D eigenvalue weighted by molar-refractivity contribution is 0.0238. The molecule has 1 aromatic carbocycles. The van der Waals surface area contributed by atoms with Crippen LogP contribution in [0.2, 0.25) is 0 Å². The molecule has 0 aliphatic rings. The van der Waals surface area contributed by atoms with Crippen molar-refractivity contribution in [2.45, 2.75) is 19.6 Å². The number of rotatable bonds is 6. The Labute approximate surface area is 172 Å². The Morgan fingerprint density at radius 1 is 1.17 bits per heavy atom. The first-order chi connectivity index (χ1) is 14.4. The largest absolute Gasteiger partial charge is 0.459 e. The smallest absolute Gasteiger partial charge is 0.349 e. The molecule has 1 N–H and O–H groups in total. The highest BCUT2D eigenvalue weighted by Crippen LogP contribution is 2.30. The number of fused-ring (bicyclic) bond motifs is 1. The number of carbonyl (C=O) groups excluding carboxylic acids is 2. The number of nitrogens with one attached hydrogen (secondary N) is 1. The number of hydrogen-bond acceptors (Lipinski definition) is 6. The third-order valence-corrected chi connectivity index (χ3v) is 5.24. The van der Waals surface area contributed by atoms with Gasteiger partial charge in [-0.25, -0.2) is 9.78 Å². The number of anilines is 1. The number of furan rings is 1. The van der Waals surface area contributed by atoms with E-state index in [0.29, 0.717) is 10.5 Å². The maximum Gasteiger partial charge on any atom is 0.349 e. The number of aromatic nitrogens is 2. The fraction of sp³-hybridized carbons (Fsp3) is 0.150. The molecule has 0 bridgehead atoms. The molecule has 154 valence electrons. The first-order valence-electron chi connectivity index (χ1n) is 8.84. The molecule has 10 heteroatoms. The fourth-order valence-corrected chi connectivity index (χ4v) is 3.71. The zero-order valence-electron chi connectivity index (χ0n) is 15.5. The maximum atomic E-state index is 13.6. The van der Waals surface area contributed by atoms with E-state index in [0.717, 1.165) is 15.9 Å². The number of hydrogen-bond donors (Lipinski definition) is 1. The van der Waals surface area contributed by atoms with Crippen LogP contribution in [0.25, 0.3) is 11.0 Å². The molecule has 0 saturated carbocycles. The summed E-state index contributed by atoms with van der Waals surface area (Å²) in [5, 5.41) is 3.02. The van der Waals surface area contributed by atoms with Crippen molar-refractivity contribution in [1.29, 1.82) is 0 Å². The van der Waals surface area contributed by atoms with Crippen LogP contribution in [0.5, 0.6) is 0 Å². The van der Waals surface area contributed by atoms with Crippen molar-refractivity contribution >= 4 is 39.2 Å². The SMILES string of the molecule is CC(OC(=O)c1ccc(NC(=O)c2ccco2)s1)c1nc2ccccc2n1C(F)F. The molecule has 0 aliphatic heterocycles. The van der Waals surface area contributed by atoms with Gasteiger partial charge in [-0.05, 0) is 43.3 Å². The number of esters is 1. The summed E-state index contributed by atoms with van der Waals surface area (Å²) >= 11 is 0.996. The third kappa shape index (κ3) is 3.81. The molecule has 1 amide bonds. The molecule has 4 rings (SSSR count). The average Bonchev–Trinajstić information content (AvgIpc) is 3.46. The molecule has 0 fully saturated rings. The van der Waals surface area contributed by atoms with Gasteiger partial charge in [0.25, 0.3) is 5.91 Å². The molecule has 0 spiro atoms. The van der Waals surface area contributed by atoms with Crippen LogP contribution < -0.4 is 5.32 Å². The van der Waals surface area contributed by atoms with E-state index in [9.17, 15) is 18.4 Å². The minimum atomic E-state index is -2.83. The van der Waals surface area contributed by atoms with E-state index in [2.05, 4.69) is 10.3 Å². The molecule has 7 nitrogen and oxygen atoms in total. The molecule has 0 aliphatic carbocycles. The topological polar surface area (TPSA) is 86.4 Å². The number of halogens is 2. The van der Waals surface area contributed by atoms with Gasteiger partial charge in [-0.1, -0.05) is 12.1 Å².